The van der Waals surface area contributed by atoms with Gasteiger partial charge in [0.1, 0.15) is 0 Å². The number of rotatable bonds is 3. The molecule has 19 heavy (non-hydrogen) atoms. The minimum Gasteiger partial charge on any atom is -0.316 e. The highest BCUT2D eigenvalue weighted by Crippen LogP contribution is 2.23. The summed E-state index contributed by atoms with van der Waals surface area (Å²) in [5.41, 5.74) is 3.11. The third-order valence-electron chi connectivity index (χ3n) is 3.63. The van der Waals surface area contributed by atoms with Crippen molar-refractivity contribution in [1.29, 1.82) is 0 Å². The summed E-state index contributed by atoms with van der Waals surface area (Å²) in [6, 6.07) is 0. The molecule has 100 valence electrons. The van der Waals surface area contributed by atoms with E-state index in [9.17, 15) is 0 Å². The monoisotopic (exact) mass is 257 g/mol. The van der Waals surface area contributed by atoms with Gasteiger partial charge in [-0.1, -0.05) is 0 Å². The standard InChI is InChI=1S/C14H19N5/c1-19-10-12(9-18-19)14-13(16-5-6-17-14)7-11-3-2-4-15-8-11/h5-6,9-11,15H,2-4,7-8H2,1H3/t11-/m0/s1. The van der Waals surface area contributed by atoms with Crippen LogP contribution < -0.4 is 5.32 Å². The topological polar surface area (TPSA) is 55.6 Å². The van der Waals surface area contributed by atoms with Gasteiger partial charge in [0.2, 0.25) is 0 Å². The van der Waals surface area contributed by atoms with Crippen molar-refractivity contribution >= 4 is 0 Å². The molecule has 1 N–H and O–H groups in total. The van der Waals surface area contributed by atoms with E-state index in [1.165, 1.54) is 12.8 Å². The Morgan fingerprint density at radius 1 is 1.37 bits per heavy atom. The first kappa shape index (κ1) is 12.3. The summed E-state index contributed by atoms with van der Waals surface area (Å²) in [6.45, 7) is 2.23. The molecule has 0 aromatic carbocycles. The zero-order valence-electron chi connectivity index (χ0n) is 11.2. The van der Waals surface area contributed by atoms with Crippen molar-refractivity contribution < 1.29 is 0 Å². The zero-order valence-corrected chi connectivity index (χ0v) is 11.2. The summed E-state index contributed by atoms with van der Waals surface area (Å²) in [6.07, 6.45) is 10.9. The summed E-state index contributed by atoms with van der Waals surface area (Å²) >= 11 is 0. The molecule has 1 fully saturated rings. The first-order chi connectivity index (χ1) is 9.33. The van der Waals surface area contributed by atoms with Gasteiger partial charge >= 0.3 is 0 Å². The molecule has 5 nitrogen and oxygen atoms in total. The molecule has 3 heterocycles. The van der Waals surface area contributed by atoms with Crippen LogP contribution in [-0.2, 0) is 13.5 Å². The van der Waals surface area contributed by atoms with Crippen molar-refractivity contribution in [1.82, 2.24) is 25.1 Å². The Kier molecular flexibility index (Phi) is 3.55. The van der Waals surface area contributed by atoms with E-state index in [0.29, 0.717) is 5.92 Å². The van der Waals surface area contributed by atoms with Gasteiger partial charge in [-0.3, -0.25) is 14.6 Å². The molecule has 2 aromatic rings. The van der Waals surface area contributed by atoms with Crippen molar-refractivity contribution in [2.75, 3.05) is 13.1 Å². The van der Waals surface area contributed by atoms with Crippen LogP contribution in [0.3, 0.4) is 0 Å². The lowest BCUT2D eigenvalue weighted by atomic mass is 9.93. The van der Waals surface area contributed by atoms with E-state index < -0.39 is 0 Å². The molecule has 0 saturated carbocycles. The molecule has 1 atom stereocenters. The maximum absolute atomic E-state index is 4.53. The first-order valence-electron chi connectivity index (χ1n) is 6.82. The second kappa shape index (κ2) is 5.48. The van der Waals surface area contributed by atoms with Crippen LogP contribution in [0, 0.1) is 5.92 Å². The number of hydrogen-bond acceptors (Lipinski definition) is 4. The molecule has 3 rings (SSSR count). The maximum Gasteiger partial charge on any atom is 0.0948 e. The molecule has 1 saturated heterocycles. The SMILES string of the molecule is Cn1cc(-c2nccnc2C[C@@H]2CCCNC2)cn1. The fourth-order valence-electron chi connectivity index (χ4n) is 2.67. The van der Waals surface area contributed by atoms with Crippen molar-refractivity contribution in [2.45, 2.75) is 19.3 Å². The minimum atomic E-state index is 0.667. The highest BCUT2D eigenvalue weighted by atomic mass is 15.2. The Labute approximate surface area is 113 Å². The number of aromatic nitrogens is 4. The molecule has 0 bridgehead atoms. The molecule has 5 heteroatoms. The highest BCUT2D eigenvalue weighted by molar-refractivity contribution is 5.59. The number of piperidine rings is 1. The van der Waals surface area contributed by atoms with Gasteiger partial charge in [-0.2, -0.15) is 5.10 Å². The van der Waals surface area contributed by atoms with Gasteiger partial charge in [-0.25, -0.2) is 0 Å². The maximum atomic E-state index is 4.53. The summed E-state index contributed by atoms with van der Waals surface area (Å²) in [4.78, 5) is 9.02. The Morgan fingerprint density at radius 3 is 3.00 bits per heavy atom. The van der Waals surface area contributed by atoms with E-state index in [1.54, 1.807) is 17.1 Å². The van der Waals surface area contributed by atoms with Crippen LogP contribution in [0.4, 0.5) is 0 Å². The summed E-state index contributed by atoms with van der Waals surface area (Å²) in [5.74, 6) is 0.667. The lowest BCUT2D eigenvalue weighted by Gasteiger charge is -2.22. The summed E-state index contributed by atoms with van der Waals surface area (Å²) in [7, 11) is 1.92. The summed E-state index contributed by atoms with van der Waals surface area (Å²) in [5, 5.41) is 7.67. The van der Waals surface area contributed by atoms with Gasteiger partial charge in [-0.05, 0) is 38.3 Å². The van der Waals surface area contributed by atoms with Crippen LogP contribution in [0.5, 0.6) is 0 Å². The molecular formula is C14H19N5. The van der Waals surface area contributed by atoms with Crippen molar-refractivity contribution in [3.8, 4) is 11.3 Å². The Bertz CT molecular complexity index is 542. The van der Waals surface area contributed by atoms with Gasteiger partial charge in [0.25, 0.3) is 0 Å². The highest BCUT2D eigenvalue weighted by Gasteiger charge is 2.17. The fourth-order valence-corrected chi connectivity index (χ4v) is 2.67. The minimum absolute atomic E-state index is 0.667. The molecule has 0 aliphatic carbocycles. The van der Waals surface area contributed by atoms with Crippen molar-refractivity contribution in [3.05, 3.63) is 30.5 Å². The van der Waals surface area contributed by atoms with E-state index in [-0.39, 0.29) is 0 Å². The molecular weight excluding hydrogens is 238 g/mol. The normalized spacial score (nSPS) is 19.5. The largest absolute Gasteiger partial charge is 0.316 e. The molecule has 1 aliphatic rings. The van der Waals surface area contributed by atoms with Crippen LogP contribution in [0.2, 0.25) is 0 Å². The number of nitrogens with zero attached hydrogens (tertiary/aromatic N) is 4. The number of hydrogen-bond donors (Lipinski definition) is 1. The Balaban J connectivity index is 1.84. The second-order valence-electron chi connectivity index (χ2n) is 5.17. The third kappa shape index (κ3) is 2.81. The molecule has 2 aromatic heterocycles. The van der Waals surface area contributed by atoms with E-state index in [4.69, 9.17) is 0 Å². The molecule has 1 aliphatic heterocycles. The number of nitrogens with one attached hydrogen (secondary N) is 1. The van der Waals surface area contributed by atoms with E-state index in [1.807, 2.05) is 19.4 Å². The smallest absolute Gasteiger partial charge is 0.0948 e. The Morgan fingerprint density at radius 2 is 2.26 bits per heavy atom. The van der Waals surface area contributed by atoms with E-state index in [0.717, 1.165) is 36.5 Å². The molecule has 0 amide bonds. The summed E-state index contributed by atoms with van der Waals surface area (Å²) < 4.78 is 1.80. The van der Waals surface area contributed by atoms with Gasteiger partial charge in [-0.15, -0.1) is 0 Å². The Hall–Kier alpha value is -1.75. The average molecular weight is 257 g/mol. The quantitative estimate of drug-likeness (QED) is 0.903. The van der Waals surface area contributed by atoms with Gasteiger partial charge in [0.05, 0.1) is 17.6 Å². The lowest BCUT2D eigenvalue weighted by Crippen LogP contribution is -2.31. The van der Waals surface area contributed by atoms with Gasteiger partial charge in [0.15, 0.2) is 0 Å². The van der Waals surface area contributed by atoms with Crippen molar-refractivity contribution in [2.24, 2.45) is 13.0 Å². The van der Waals surface area contributed by atoms with Crippen molar-refractivity contribution in [3.63, 3.8) is 0 Å². The second-order valence-corrected chi connectivity index (χ2v) is 5.17. The zero-order chi connectivity index (χ0) is 13.1. The third-order valence-corrected chi connectivity index (χ3v) is 3.63. The molecule has 0 spiro atoms. The van der Waals surface area contributed by atoms with Crippen LogP contribution in [0.1, 0.15) is 18.5 Å². The predicted molar refractivity (Wildman–Crippen MR) is 73.5 cm³/mol. The van der Waals surface area contributed by atoms with E-state index in [2.05, 4.69) is 20.4 Å². The lowest BCUT2D eigenvalue weighted by molar-refractivity contribution is 0.373. The average Bonchev–Trinajstić information content (AvgIpc) is 2.87. The molecule has 0 radical (unpaired) electrons. The first-order valence-corrected chi connectivity index (χ1v) is 6.82. The fraction of sp³-hybridized carbons (Fsp3) is 0.500. The van der Waals surface area contributed by atoms with Crippen LogP contribution in [0.15, 0.2) is 24.8 Å². The van der Waals surface area contributed by atoms with E-state index >= 15 is 0 Å². The number of aryl methyl sites for hydroxylation is 1. The molecule has 0 unspecified atom stereocenters. The van der Waals surface area contributed by atoms with Crippen LogP contribution >= 0.6 is 0 Å². The predicted octanol–water partition coefficient (Wildman–Crippen LogP) is 1.42. The van der Waals surface area contributed by atoms with Crippen LogP contribution in [0.25, 0.3) is 11.3 Å². The van der Waals surface area contributed by atoms with Gasteiger partial charge < -0.3 is 5.32 Å². The van der Waals surface area contributed by atoms with Gasteiger partial charge in [0, 0.05) is 31.2 Å². The van der Waals surface area contributed by atoms with Crippen LogP contribution in [-0.4, -0.2) is 32.8 Å².